The lowest BCUT2D eigenvalue weighted by Crippen LogP contribution is -2.50. The molecule has 1 amide bonds. The Bertz CT molecular complexity index is 1220. The number of carbonyl (C=O) groups excluding carboxylic acids is 1. The molecule has 0 aliphatic carbocycles. The van der Waals surface area contributed by atoms with Crippen molar-refractivity contribution in [2.45, 2.75) is 31.3 Å². The van der Waals surface area contributed by atoms with Gasteiger partial charge in [0.2, 0.25) is 5.91 Å². The summed E-state index contributed by atoms with van der Waals surface area (Å²) in [6, 6.07) is 19.2. The zero-order valence-electron chi connectivity index (χ0n) is 21.3. The minimum Gasteiger partial charge on any atom is -0.497 e. The van der Waals surface area contributed by atoms with Gasteiger partial charge in [0.1, 0.15) is 29.3 Å². The number of ether oxygens (including phenoxy) is 3. The Balaban J connectivity index is 1.48. The molecule has 0 saturated carbocycles. The molecule has 1 heterocycles. The standard InChI is InChI=1S/C29H32N2O6/c1-35-22-8-4-7-21(18-22)31-16-6-9-24(31)28(32)30-23(29(33)34)17-19-12-14-20(15-13-19)27-25(36-2)10-5-11-26(27)37-3/h4-5,7-8,10-15,18,23-24H,6,9,16-17H2,1-3H3,(H,30,32)(H,33,34)/t23-,24-/m0/s1. The molecule has 8 nitrogen and oxygen atoms in total. The van der Waals surface area contributed by atoms with Crippen LogP contribution in [0.3, 0.4) is 0 Å². The van der Waals surface area contributed by atoms with Crippen molar-refractivity contribution in [3.05, 3.63) is 72.3 Å². The van der Waals surface area contributed by atoms with Gasteiger partial charge in [0.15, 0.2) is 0 Å². The molecule has 1 fully saturated rings. The third-order valence-corrected chi connectivity index (χ3v) is 6.67. The van der Waals surface area contributed by atoms with Crippen LogP contribution in [0.15, 0.2) is 66.7 Å². The van der Waals surface area contributed by atoms with Crippen molar-refractivity contribution in [3.8, 4) is 28.4 Å². The fraction of sp³-hybridized carbons (Fsp3) is 0.310. The van der Waals surface area contributed by atoms with Crippen molar-refractivity contribution >= 4 is 17.6 Å². The number of aliphatic carboxylic acids is 1. The van der Waals surface area contributed by atoms with Gasteiger partial charge in [0, 0.05) is 24.7 Å². The Hall–Kier alpha value is -4.20. The normalized spacial score (nSPS) is 15.6. The maximum Gasteiger partial charge on any atom is 0.326 e. The molecule has 194 valence electrons. The van der Waals surface area contributed by atoms with Crippen molar-refractivity contribution in [2.24, 2.45) is 0 Å². The maximum atomic E-state index is 13.2. The molecular formula is C29H32N2O6. The van der Waals surface area contributed by atoms with Crippen molar-refractivity contribution in [1.29, 1.82) is 0 Å². The summed E-state index contributed by atoms with van der Waals surface area (Å²) >= 11 is 0. The summed E-state index contributed by atoms with van der Waals surface area (Å²) in [4.78, 5) is 27.3. The van der Waals surface area contributed by atoms with Gasteiger partial charge in [0.05, 0.1) is 26.9 Å². The van der Waals surface area contributed by atoms with Gasteiger partial charge < -0.3 is 29.5 Å². The average molecular weight is 505 g/mol. The van der Waals surface area contributed by atoms with Crippen LogP contribution in [0, 0.1) is 0 Å². The molecule has 0 unspecified atom stereocenters. The minimum atomic E-state index is -1.07. The summed E-state index contributed by atoms with van der Waals surface area (Å²) in [7, 11) is 4.81. The molecule has 2 N–H and O–H groups in total. The maximum absolute atomic E-state index is 13.2. The van der Waals surface area contributed by atoms with Crippen LogP contribution in [0.2, 0.25) is 0 Å². The van der Waals surface area contributed by atoms with Gasteiger partial charge in [-0.1, -0.05) is 36.4 Å². The van der Waals surface area contributed by atoms with E-state index in [1.807, 2.05) is 71.6 Å². The molecule has 0 radical (unpaired) electrons. The van der Waals surface area contributed by atoms with Crippen LogP contribution in [-0.2, 0) is 16.0 Å². The van der Waals surface area contributed by atoms with Crippen LogP contribution in [0.4, 0.5) is 5.69 Å². The zero-order valence-corrected chi connectivity index (χ0v) is 21.3. The number of methoxy groups -OCH3 is 3. The molecule has 37 heavy (non-hydrogen) atoms. The van der Waals surface area contributed by atoms with Crippen molar-refractivity contribution in [2.75, 3.05) is 32.8 Å². The van der Waals surface area contributed by atoms with Crippen LogP contribution in [0.1, 0.15) is 18.4 Å². The fourth-order valence-corrected chi connectivity index (χ4v) is 4.78. The van der Waals surface area contributed by atoms with E-state index >= 15 is 0 Å². The van der Waals surface area contributed by atoms with E-state index < -0.39 is 18.1 Å². The average Bonchev–Trinajstić information content (AvgIpc) is 3.43. The van der Waals surface area contributed by atoms with Gasteiger partial charge >= 0.3 is 5.97 Å². The molecule has 4 rings (SSSR count). The Morgan fingerprint density at radius 3 is 2.27 bits per heavy atom. The first-order chi connectivity index (χ1) is 17.9. The molecule has 8 heteroatoms. The number of nitrogens with zero attached hydrogens (tertiary/aromatic N) is 1. The van der Waals surface area contributed by atoms with E-state index in [-0.39, 0.29) is 12.3 Å². The molecule has 1 aliphatic heterocycles. The number of carbonyl (C=O) groups is 2. The predicted octanol–water partition coefficient (Wildman–Crippen LogP) is 4.16. The Labute approximate surface area is 216 Å². The monoisotopic (exact) mass is 504 g/mol. The molecule has 3 aromatic rings. The van der Waals surface area contributed by atoms with Gasteiger partial charge in [-0.3, -0.25) is 4.79 Å². The first kappa shape index (κ1) is 25.9. The first-order valence-electron chi connectivity index (χ1n) is 12.2. The van der Waals surface area contributed by atoms with E-state index in [0.717, 1.165) is 35.3 Å². The van der Waals surface area contributed by atoms with E-state index in [2.05, 4.69) is 5.32 Å². The van der Waals surface area contributed by atoms with Crippen LogP contribution < -0.4 is 24.4 Å². The summed E-state index contributed by atoms with van der Waals surface area (Å²) in [6.07, 6.45) is 1.67. The number of rotatable bonds is 10. The van der Waals surface area contributed by atoms with Crippen molar-refractivity contribution in [1.82, 2.24) is 5.32 Å². The first-order valence-corrected chi connectivity index (χ1v) is 12.2. The largest absolute Gasteiger partial charge is 0.497 e. The number of carboxylic acid groups (broad SMARTS) is 1. The van der Waals surface area contributed by atoms with Crippen molar-refractivity contribution in [3.63, 3.8) is 0 Å². The molecule has 1 aliphatic rings. The number of hydrogen-bond acceptors (Lipinski definition) is 6. The van der Waals surface area contributed by atoms with Gasteiger partial charge in [-0.25, -0.2) is 4.79 Å². The number of carboxylic acids is 1. The number of hydrogen-bond donors (Lipinski definition) is 2. The van der Waals surface area contributed by atoms with E-state index in [0.29, 0.717) is 23.7 Å². The van der Waals surface area contributed by atoms with Crippen LogP contribution in [-0.4, -0.2) is 56.9 Å². The lowest BCUT2D eigenvalue weighted by atomic mass is 9.99. The fourth-order valence-electron chi connectivity index (χ4n) is 4.78. The number of anilines is 1. The van der Waals surface area contributed by atoms with Crippen LogP contribution in [0.25, 0.3) is 11.1 Å². The summed E-state index contributed by atoms with van der Waals surface area (Å²) in [6.45, 7) is 0.719. The van der Waals surface area contributed by atoms with E-state index in [9.17, 15) is 14.7 Å². The van der Waals surface area contributed by atoms with Gasteiger partial charge in [-0.2, -0.15) is 0 Å². The SMILES string of the molecule is COc1cccc(N2CCC[C@H]2C(=O)N[C@@H](Cc2ccc(-c3c(OC)cccc3OC)cc2)C(=O)O)c1. The molecule has 0 spiro atoms. The second kappa shape index (κ2) is 11.7. The van der Waals surface area contributed by atoms with Gasteiger partial charge in [0.25, 0.3) is 0 Å². The van der Waals surface area contributed by atoms with Gasteiger partial charge in [-0.05, 0) is 48.2 Å². The molecular weight excluding hydrogens is 472 g/mol. The summed E-state index contributed by atoms with van der Waals surface area (Å²) in [5.74, 6) is 0.707. The lowest BCUT2D eigenvalue weighted by Gasteiger charge is -2.27. The highest BCUT2D eigenvalue weighted by Crippen LogP contribution is 2.38. The number of amides is 1. The molecule has 0 aromatic heterocycles. The van der Waals surface area contributed by atoms with Crippen LogP contribution in [0.5, 0.6) is 17.2 Å². The predicted molar refractivity (Wildman–Crippen MR) is 142 cm³/mol. The molecule has 1 saturated heterocycles. The van der Waals surface area contributed by atoms with Gasteiger partial charge in [-0.15, -0.1) is 0 Å². The highest BCUT2D eigenvalue weighted by Gasteiger charge is 2.33. The van der Waals surface area contributed by atoms with Crippen molar-refractivity contribution < 1.29 is 28.9 Å². The highest BCUT2D eigenvalue weighted by molar-refractivity contribution is 5.90. The Morgan fingerprint density at radius 1 is 0.973 bits per heavy atom. The van der Waals surface area contributed by atoms with E-state index in [4.69, 9.17) is 14.2 Å². The minimum absolute atomic E-state index is 0.163. The van der Waals surface area contributed by atoms with Crippen LogP contribution >= 0.6 is 0 Å². The van der Waals surface area contributed by atoms with E-state index in [1.54, 1.807) is 21.3 Å². The number of benzene rings is 3. The summed E-state index contributed by atoms with van der Waals surface area (Å²) < 4.78 is 16.3. The molecule has 3 aromatic carbocycles. The summed E-state index contributed by atoms with van der Waals surface area (Å²) in [5.41, 5.74) is 3.38. The summed E-state index contributed by atoms with van der Waals surface area (Å²) in [5, 5.41) is 12.6. The third-order valence-electron chi connectivity index (χ3n) is 6.67. The molecule has 2 atom stereocenters. The third kappa shape index (κ3) is 5.80. The van der Waals surface area contributed by atoms with E-state index in [1.165, 1.54) is 0 Å². The molecule has 0 bridgehead atoms. The second-order valence-corrected chi connectivity index (χ2v) is 8.89. The quantitative estimate of drug-likeness (QED) is 0.428. The highest BCUT2D eigenvalue weighted by atomic mass is 16.5. The Kier molecular flexibility index (Phi) is 8.18. The number of nitrogens with one attached hydrogen (secondary N) is 1. The zero-order chi connectivity index (χ0) is 26.4. The lowest BCUT2D eigenvalue weighted by molar-refractivity contribution is -0.141. The second-order valence-electron chi connectivity index (χ2n) is 8.89. The smallest absolute Gasteiger partial charge is 0.326 e. The topological polar surface area (TPSA) is 97.3 Å². The Morgan fingerprint density at radius 2 is 1.65 bits per heavy atom.